The SMILES string of the molecule is CCOC(=O)CC(=O)CSc1nc2c(sc(=S)n2-c2ccccc2OCC)c(=O)n1-c1ccc(C)cc1. The number of thiazole rings is 1. The number of Topliss-reactive ketones (excluding diaryl/α,β-unsaturated/α-hetero) is 1. The lowest BCUT2D eigenvalue weighted by molar-refractivity contribution is -0.145. The number of carbonyl (C=O) groups is 2. The van der Waals surface area contributed by atoms with Crippen molar-refractivity contribution in [2.75, 3.05) is 19.0 Å². The number of ether oxygens (including phenoxy) is 2. The molecule has 192 valence electrons. The molecule has 0 saturated heterocycles. The Morgan fingerprint density at radius 1 is 1.05 bits per heavy atom. The van der Waals surface area contributed by atoms with Gasteiger partial charge in [-0.15, -0.1) is 0 Å². The molecule has 0 atom stereocenters. The van der Waals surface area contributed by atoms with Gasteiger partial charge in [-0.2, -0.15) is 0 Å². The molecule has 0 aliphatic carbocycles. The summed E-state index contributed by atoms with van der Waals surface area (Å²) >= 11 is 7.93. The number of nitrogens with zero attached hydrogens (tertiary/aromatic N) is 3. The highest BCUT2D eigenvalue weighted by Gasteiger charge is 2.21. The Hall–Kier alpha value is -3.28. The first kappa shape index (κ1) is 26.8. The first-order chi connectivity index (χ1) is 17.8. The van der Waals surface area contributed by atoms with Crippen LogP contribution in [-0.4, -0.2) is 44.8 Å². The van der Waals surface area contributed by atoms with Crippen LogP contribution >= 0.6 is 35.3 Å². The fourth-order valence-electron chi connectivity index (χ4n) is 3.66. The molecule has 11 heteroatoms. The van der Waals surface area contributed by atoms with E-state index in [0.717, 1.165) is 17.3 Å². The number of rotatable bonds is 10. The van der Waals surface area contributed by atoms with Gasteiger partial charge in [0, 0.05) is 0 Å². The van der Waals surface area contributed by atoms with E-state index in [0.29, 0.717) is 43.2 Å². The van der Waals surface area contributed by atoms with E-state index in [1.165, 1.54) is 15.9 Å². The van der Waals surface area contributed by atoms with Crippen molar-refractivity contribution in [3.63, 3.8) is 0 Å². The molecule has 0 N–H and O–H groups in total. The lowest BCUT2D eigenvalue weighted by Gasteiger charge is -2.14. The van der Waals surface area contributed by atoms with Crippen molar-refractivity contribution >= 4 is 57.4 Å². The number of benzene rings is 2. The molecule has 8 nitrogen and oxygen atoms in total. The molecule has 0 bridgehead atoms. The van der Waals surface area contributed by atoms with Crippen LogP contribution < -0.4 is 10.3 Å². The lowest BCUT2D eigenvalue weighted by atomic mass is 10.2. The van der Waals surface area contributed by atoms with Crippen molar-refractivity contribution in [1.82, 2.24) is 14.1 Å². The number of aromatic nitrogens is 3. The average molecular weight is 556 g/mol. The second-order valence-corrected chi connectivity index (χ2v) is 10.5. The van der Waals surface area contributed by atoms with E-state index in [2.05, 4.69) is 0 Å². The number of para-hydroxylation sites is 2. The summed E-state index contributed by atoms with van der Waals surface area (Å²) in [5.41, 5.74) is 2.42. The Kier molecular flexibility index (Phi) is 8.57. The smallest absolute Gasteiger partial charge is 0.313 e. The molecule has 2 heterocycles. The third-order valence-electron chi connectivity index (χ3n) is 5.28. The molecule has 0 aliphatic heterocycles. The molecular formula is C26H25N3O5S3. The summed E-state index contributed by atoms with van der Waals surface area (Å²) in [5.74, 6) is -0.337. The maximum atomic E-state index is 13.8. The highest BCUT2D eigenvalue weighted by atomic mass is 32.2. The Bertz CT molecular complexity index is 1570. The Balaban J connectivity index is 1.87. The summed E-state index contributed by atoms with van der Waals surface area (Å²) in [5, 5.41) is 0.314. The van der Waals surface area contributed by atoms with Crippen LogP contribution in [0.5, 0.6) is 5.75 Å². The van der Waals surface area contributed by atoms with Crippen molar-refractivity contribution in [3.05, 3.63) is 68.4 Å². The maximum Gasteiger partial charge on any atom is 0.313 e. The molecule has 37 heavy (non-hydrogen) atoms. The van der Waals surface area contributed by atoms with E-state index in [4.69, 9.17) is 26.7 Å². The normalized spacial score (nSPS) is 11.0. The fourth-order valence-corrected chi connectivity index (χ4v) is 5.81. The van der Waals surface area contributed by atoms with Crippen molar-refractivity contribution in [2.24, 2.45) is 0 Å². The molecule has 0 saturated carbocycles. The standard InChI is InChI=1S/C26H25N3O5S3/c1-4-33-20-9-7-6-8-19(20)29-23-22(37-26(29)35)24(32)28(17-12-10-16(3)11-13-17)25(27-23)36-15-18(30)14-21(31)34-5-2/h6-13H,4-5,14-15H2,1-3H3. The third kappa shape index (κ3) is 5.84. The number of hydrogen-bond donors (Lipinski definition) is 0. The Labute approximate surface area is 226 Å². The van der Waals surface area contributed by atoms with Gasteiger partial charge in [0.25, 0.3) is 5.56 Å². The van der Waals surface area contributed by atoms with Gasteiger partial charge in [0.15, 0.2) is 20.5 Å². The fraction of sp³-hybridized carbons (Fsp3) is 0.269. The number of fused-ring (bicyclic) bond motifs is 1. The summed E-state index contributed by atoms with van der Waals surface area (Å²) in [6, 6.07) is 14.9. The minimum Gasteiger partial charge on any atom is -0.492 e. The monoisotopic (exact) mass is 555 g/mol. The Morgan fingerprint density at radius 3 is 2.49 bits per heavy atom. The van der Waals surface area contributed by atoms with Gasteiger partial charge < -0.3 is 9.47 Å². The molecule has 0 aliphatic rings. The van der Waals surface area contributed by atoms with E-state index in [1.807, 2.05) is 62.4 Å². The molecule has 0 amide bonds. The summed E-state index contributed by atoms with van der Waals surface area (Å²) in [4.78, 5) is 42.9. The van der Waals surface area contributed by atoms with Crippen molar-refractivity contribution in [3.8, 4) is 17.1 Å². The molecule has 4 rings (SSSR count). The van der Waals surface area contributed by atoms with Gasteiger partial charge in [-0.25, -0.2) is 4.98 Å². The highest BCUT2D eigenvalue weighted by molar-refractivity contribution is 7.99. The van der Waals surface area contributed by atoms with E-state index >= 15 is 0 Å². The zero-order valence-electron chi connectivity index (χ0n) is 20.6. The van der Waals surface area contributed by atoms with Gasteiger partial charge in [-0.05, 0) is 57.3 Å². The van der Waals surface area contributed by atoms with Crippen LogP contribution in [0.1, 0.15) is 25.8 Å². The predicted molar refractivity (Wildman–Crippen MR) is 148 cm³/mol. The van der Waals surface area contributed by atoms with E-state index in [9.17, 15) is 14.4 Å². The van der Waals surface area contributed by atoms with E-state index in [-0.39, 0.29) is 30.1 Å². The minimum absolute atomic E-state index is 0.0526. The number of aryl methyl sites for hydroxylation is 1. The van der Waals surface area contributed by atoms with Crippen LogP contribution in [-0.2, 0) is 14.3 Å². The van der Waals surface area contributed by atoms with Gasteiger partial charge in [-0.1, -0.05) is 52.9 Å². The summed E-state index contributed by atoms with van der Waals surface area (Å²) in [6.45, 7) is 6.20. The largest absolute Gasteiger partial charge is 0.492 e. The number of carbonyl (C=O) groups excluding carboxylic acids is 2. The summed E-state index contributed by atoms with van der Waals surface area (Å²) in [6.07, 6.45) is -0.339. The van der Waals surface area contributed by atoms with Crippen molar-refractivity contribution < 1.29 is 19.1 Å². The second-order valence-electron chi connectivity index (χ2n) is 7.94. The maximum absolute atomic E-state index is 13.8. The van der Waals surface area contributed by atoms with Gasteiger partial charge in [0.05, 0.1) is 30.3 Å². The van der Waals surface area contributed by atoms with Crippen LogP contribution in [0.4, 0.5) is 0 Å². The molecular weight excluding hydrogens is 531 g/mol. The molecule has 0 fully saturated rings. The van der Waals surface area contributed by atoms with E-state index < -0.39 is 5.97 Å². The van der Waals surface area contributed by atoms with Crippen molar-refractivity contribution in [1.29, 1.82) is 0 Å². The van der Waals surface area contributed by atoms with Crippen molar-refractivity contribution in [2.45, 2.75) is 32.3 Å². The van der Waals surface area contributed by atoms with Crippen LogP contribution in [0.25, 0.3) is 21.7 Å². The van der Waals surface area contributed by atoms with Crippen LogP contribution in [0.3, 0.4) is 0 Å². The molecule has 0 unspecified atom stereocenters. The van der Waals surface area contributed by atoms with Gasteiger partial charge in [-0.3, -0.25) is 23.5 Å². The summed E-state index contributed by atoms with van der Waals surface area (Å²) in [7, 11) is 0. The van der Waals surface area contributed by atoms with Gasteiger partial charge >= 0.3 is 5.97 Å². The average Bonchev–Trinajstić information content (AvgIpc) is 3.20. The first-order valence-electron chi connectivity index (χ1n) is 11.6. The predicted octanol–water partition coefficient (Wildman–Crippen LogP) is 5.29. The second kappa shape index (κ2) is 11.8. The van der Waals surface area contributed by atoms with E-state index in [1.54, 1.807) is 11.5 Å². The highest BCUT2D eigenvalue weighted by Crippen LogP contribution is 2.31. The van der Waals surface area contributed by atoms with Gasteiger partial charge in [0.1, 0.15) is 16.9 Å². The lowest BCUT2D eigenvalue weighted by Crippen LogP contribution is -2.22. The number of ketones is 1. The van der Waals surface area contributed by atoms with Crippen LogP contribution in [0, 0.1) is 10.9 Å². The number of thioether (sulfide) groups is 1. The quantitative estimate of drug-likeness (QED) is 0.0857. The zero-order valence-corrected chi connectivity index (χ0v) is 23.0. The molecule has 0 spiro atoms. The Morgan fingerprint density at radius 2 is 1.78 bits per heavy atom. The van der Waals surface area contributed by atoms with Gasteiger partial charge in [0.2, 0.25) is 0 Å². The van der Waals surface area contributed by atoms with Crippen LogP contribution in [0.2, 0.25) is 0 Å². The molecule has 4 aromatic rings. The topological polar surface area (TPSA) is 92.4 Å². The first-order valence-corrected chi connectivity index (χ1v) is 13.8. The minimum atomic E-state index is -0.577. The number of hydrogen-bond acceptors (Lipinski definition) is 9. The zero-order chi connectivity index (χ0) is 26.5. The molecule has 2 aromatic carbocycles. The molecule has 2 aromatic heterocycles. The summed E-state index contributed by atoms with van der Waals surface area (Å²) < 4.78 is 14.7. The number of esters is 1. The van der Waals surface area contributed by atoms with Crippen LogP contribution in [0.15, 0.2) is 58.5 Å². The molecule has 0 radical (unpaired) electrons. The third-order valence-corrected chi connectivity index (χ3v) is 7.63.